The molecule has 1 saturated heterocycles. The van der Waals surface area contributed by atoms with Crippen molar-refractivity contribution in [2.24, 2.45) is 0 Å². The number of rotatable bonds is 5. The van der Waals surface area contributed by atoms with E-state index < -0.39 is 6.04 Å². The minimum absolute atomic E-state index is 0.0272. The largest absolute Gasteiger partial charge is 0.495 e. The number of benzene rings is 3. The summed E-state index contributed by atoms with van der Waals surface area (Å²) < 4.78 is 5.53. The number of anilines is 2. The molecule has 0 aliphatic carbocycles. The van der Waals surface area contributed by atoms with E-state index in [1.165, 1.54) is 0 Å². The highest BCUT2D eigenvalue weighted by atomic mass is 32.2. The van der Waals surface area contributed by atoms with Crippen LogP contribution in [0, 0.1) is 13.8 Å². The van der Waals surface area contributed by atoms with Crippen molar-refractivity contribution in [2.45, 2.75) is 24.8 Å². The zero-order valence-corrected chi connectivity index (χ0v) is 19.5. The van der Waals surface area contributed by atoms with E-state index in [0.29, 0.717) is 11.4 Å². The Hall–Kier alpha value is -3.25. The molecule has 164 valence electrons. The molecule has 1 aliphatic heterocycles. The Morgan fingerprint density at radius 2 is 1.59 bits per heavy atom. The fourth-order valence-corrected chi connectivity index (χ4v) is 4.51. The number of para-hydroxylation sites is 2. The molecule has 4 rings (SSSR count). The quantitative estimate of drug-likeness (QED) is 0.508. The zero-order valence-electron chi connectivity index (χ0n) is 18.7. The standard InChI is InChI=1S/C26H26N2O3S/c1-17-8-7-10-21(18(17)2)27-16-24(29)28(22-9-5-6-11-23(22)31-3)25(26(27)30)19-12-14-20(32-4)15-13-19/h5-15,25H,16H2,1-4H3/t25-/m0/s1. The Kier molecular flexibility index (Phi) is 6.24. The van der Waals surface area contributed by atoms with Gasteiger partial charge in [0.25, 0.3) is 5.91 Å². The molecule has 5 nitrogen and oxygen atoms in total. The van der Waals surface area contributed by atoms with Crippen LogP contribution in [-0.2, 0) is 9.59 Å². The van der Waals surface area contributed by atoms with Crippen LogP contribution in [-0.4, -0.2) is 31.7 Å². The Labute approximate surface area is 193 Å². The fraction of sp³-hybridized carbons (Fsp3) is 0.231. The number of nitrogens with zero attached hydrogens (tertiary/aromatic N) is 2. The lowest BCUT2D eigenvalue weighted by atomic mass is 9.98. The summed E-state index contributed by atoms with van der Waals surface area (Å²) in [6, 6.07) is 20.2. The summed E-state index contributed by atoms with van der Waals surface area (Å²) in [5, 5.41) is 0. The van der Waals surface area contributed by atoms with Gasteiger partial charge >= 0.3 is 0 Å². The van der Waals surface area contributed by atoms with Gasteiger partial charge in [-0.05, 0) is 67.1 Å². The molecule has 1 fully saturated rings. The van der Waals surface area contributed by atoms with Gasteiger partial charge in [-0.25, -0.2) is 0 Å². The van der Waals surface area contributed by atoms with Crippen molar-refractivity contribution in [3.8, 4) is 5.75 Å². The lowest BCUT2D eigenvalue weighted by Crippen LogP contribution is -2.56. The molecule has 0 aromatic heterocycles. The Balaban J connectivity index is 1.86. The highest BCUT2D eigenvalue weighted by Crippen LogP contribution is 2.39. The molecule has 1 atom stereocenters. The van der Waals surface area contributed by atoms with Crippen LogP contribution in [0.25, 0.3) is 0 Å². The third-order valence-electron chi connectivity index (χ3n) is 5.96. The average Bonchev–Trinajstić information content (AvgIpc) is 2.82. The Morgan fingerprint density at radius 1 is 0.906 bits per heavy atom. The molecule has 3 aromatic rings. The van der Waals surface area contributed by atoms with Gasteiger partial charge in [0.15, 0.2) is 0 Å². The molecule has 0 bridgehead atoms. The van der Waals surface area contributed by atoms with Crippen LogP contribution >= 0.6 is 11.8 Å². The number of carbonyl (C=O) groups is 2. The Bertz CT molecular complexity index is 1160. The molecular formula is C26H26N2O3S. The van der Waals surface area contributed by atoms with Crippen LogP contribution in [0.5, 0.6) is 5.75 Å². The summed E-state index contributed by atoms with van der Waals surface area (Å²) in [5.74, 6) is 0.259. The second kappa shape index (κ2) is 9.09. The van der Waals surface area contributed by atoms with Gasteiger partial charge in [0.05, 0.1) is 12.8 Å². The molecular weight excluding hydrogens is 420 g/mol. The van der Waals surface area contributed by atoms with Crippen LogP contribution in [0.1, 0.15) is 22.7 Å². The highest BCUT2D eigenvalue weighted by Gasteiger charge is 2.43. The Morgan fingerprint density at radius 3 is 2.28 bits per heavy atom. The third kappa shape index (κ3) is 3.86. The minimum Gasteiger partial charge on any atom is -0.495 e. The van der Waals surface area contributed by atoms with E-state index in [-0.39, 0.29) is 18.4 Å². The zero-order chi connectivity index (χ0) is 22.8. The van der Waals surface area contributed by atoms with Crippen LogP contribution in [0.2, 0.25) is 0 Å². The van der Waals surface area contributed by atoms with E-state index in [0.717, 1.165) is 27.3 Å². The minimum atomic E-state index is -0.789. The highest BCUT2D eigenvalue weighted by molar-refractivity contribution is 7.98. The number of aryl methyl sites for hydroxylation is 1. The molecule has 3 aromatic carbocycles. The molecule has 1 aliphatic rings. The normalized spacial score (nSPS) is 16.4. The van der Waals surface area contributed by atoms with Gasteiger partial charge in [0.1, 0.15) is 18.3 Å². The first kappa shape index (κ1) is 22.0. The van der Waals surface area contributed by atoms with Crippen molar-refractivity contribution in [3.63, 3.8) is 0 Å². The van der Waals surface area contributed by atoms with Gasteiger partial charge in [0.2, 0.25) is 5.91 Å². The second-order valence-electron chi connectivity index (χ2n) is 7.75. The first-order valence-corrected chi connectivity index (χ1v) is 11.7. The summed E-state index contributed by atoms with van der Waals surface area (Å²) in [6.45, 7) is 3.96. The van der Waals surface area contributed by atoms with Crippen molar-refractivity contribution in [2.75, 3.05) is 29.7 Å². The fourth-order valence-electron chi connectivity index (χ4n) is 4.10. The maximum absolute atomic E-state index is 14.0. The summed E-state index contributed by atoms with van der Waals surface area (Å²) in [7, 11) is 1.57. The maximum atomic E-state index is 14.0. The SMILES string of the molecule is COc1ccccc1N1C(=O)CN(c2cccc(C)c2C)C(=O)[C@@H]1c1ccc(SC)cc1. The number of piperazine rings is 1. The predicted octanol–water partition coefficient (Wildman–Crippen LogP) is 5.16. The van der Waals surface area contributed by atoms with Crippen molar-refractivity contribution in [1.82, 2.24) is 0 Å². The summed E-state index contributed by atoms with van der Waals surface area (Å²) in [4.78, 5) is 31.8. The van der Waals surface area contributed by atoms with Gasteiger partial charge in [-0.15, -0.1) is 11.8 Å². The van der Waals surface area contributed by atoms with Gasteiger partial charge in [0, 0.05) is 10.6 Å². The monoisotopic (exact) mass is 446 g/mol. The summed E-state index contributed by atoms with van der Waals surface area (Å²) >= 11 is 1.63. The van der Waals surface area contributed by atoms with Gasteiger partial charge < -0.3 is 9.64 Å². The average molecular weight is 447 g/mol. The van der Waals surface area contributed by atoms with E-state index in [9.17, 15) is 9.59 Å². The van der Waals surface area contributed by atoms with Crippen molar-refractivity contribution in [1.29, 1.82) is 0 Å². The summed E-state index contributed by atoms with van der Waals surface area (Å²) in [5.41, 5.74) is 4.20. The van der Waals surface area contributed by atoms with Gasteiger partial charge in [-0.3, -0.25) is 14.5 Å². The van der Waals surface area contributed by atoms with E-state index >= 15 is 0 Å². The molecule has 1 heterocycles. The molecule has 0 spiro atoms. The molecule has 0 unspecified atom stereocenters. The lowest BCUT2D eigenvalue weighted by Gasteiger charge is -2.41. The van der Waals surface area contributed by atoms with Crippen molar-refractivity contribution in [3.05, 3.63) is 83.4 Å². The molecule has 0 radical (unpaired) electrons. The second-order valence-corrected chi connectivity index (χ2v) is 8.63. The van der Waals surface area contributed by atoms with E-state index in [1.807, 2.05) is 80.8 Å². The van der Waals surface area contributed by atoms with Crippen LogP contribution < -0.4 is 14.5 Å². The number of thioether (sulfide) groups is 1. The van der Waals surface area contributed by atoms with E-state index in [4.69, 9.17) is 4.74 Å². The molecule has 0 N–H and O–H groups in total. The predicted molar refractivity (Wildman–Crippen MR) is 130 cm³/mol. The topological polar surface area (TPSA) is 49.9 Å². The third-order valence-corrected chi connectivity index (χ3v) is 6.71. The molecule has 32 heavy (non-hydrogen) atoms. The van der Waals surface area contributed by atoms with Crippen LogP contribution in [0.4, 0.5) is 11.4 Å². The maximum Gasteiger partial charge on any atom is 0.255 e. The lowest BCUT2D eigenvalue weighted by molar-refractivity contribution is -0.128. The molecule has 6 heteroatoms. The number of carbonyl (C=O) groups excluding carboxylic acids is 2. The number of hydrogen-bond acceptors (Lipinski definition) is 4. The molecule has 2 amide bonds. The van der Waals surface area contributed by atoms with E-state index in [2.05, 4.69) is 0 Å². The summed E-state index contributed by atoms with van der Waals surface area (Å²) in [6.07, 6.45) is 2.01. The number of amides is 2. The van der Waals surface area contributed by atoms with Crippen LogP contribution in [0.3, 0.4) is 0 Å². The smallest absolute Gasteiger partial charge is 0.255 e. The molecule has 0 saturated carbocycles. The number of methoxy groups -OCH3 is 1. The van der Waals surface area contributed by atoms with Crippen molar-refractivity contribution < 1.29 is 14.3 Å². The first-order chi connectivity index (χ1) is 15.5. The van der Waals surface area contributed by atoms with Gasteiger partial charge in [-0.1, -0.05) is 36.4 Å². The number of ether oxygens (including phenoxy) is 1. The van der Waals surface area contributed by atoms with E-state index in [1.54, 1.807) is 34.7 Å². The van der Waals surface area contributed by atoms with Crippen molar-refractivity contribution >= 4 is 35.0 Å². The number of hydrogen-bond donors (Lipinski definition) is 0. The van der Waals surface area contributed by atoms with Crippen LogP contribution in [0.15, 0.2) is 71.6 Å². The first-order valence-electron chi connectivity index (χ1n) is 10.4. The van der Waals surface area contributed by atoms with Gasteiger partial charge in [-0.2, -0.15) is 0 Å².